The molecule has 1 aromatic heterocycles. The molecule has 0 aromatic carbocycles. The fourth-order valence-electron chi connectivity index (χ4n) is 3.60. The van der Waals surface area contributed by atoms with Gasteiger partial charge in [-0.05, 0) is 24.5 Å². The summed E-state index contributed by atoms with van der Waals surface area (Å²) in [5.74, 6) is -0.0287. The van der Waals surface area contributed by atoms with Gasteiger partial charge in [0.25, 0.3) is 0 Å². The van der Waals surface area contributed by atoms with E-state index in [1.807, 2.05) is 12.3 Å². The number of rotatable bonds is 4. The number of carbonyl (C=O) groups excluding carboxylic acids is 2. The molecule has 0 N–H and O–H groups in total. The van der Waals surface area contributed by atoms with Crippen molar-refractivity contribution in [2.45, 2.75) is 31.4 Å². The molecule has 0 saturated carbocycles. The van der Waals surface area contributed by atoms with E-state index in [2.05, 4.69) is 16.0 Å². The fourth-order valence-corrected chi connectivity index (χ4v) is 3.60. The second kappa shape index (κ2) is 8.14. The van der Waals surface area contributed by atoms with E-state index in [1.165, 1.54) is 10.5 Å². The zero-order valence-electron chi connectivity index (χ0n) is 15.7. The molecule has 0 bridgehead atoms. The molecule has 0 unspecified atom stereocenters. The van der Waals surface area contributed by atoms with Gasteiger partial charge in [-0.2, -0.15) is 0 Å². The molecule has 3 rings (SSSR count). The van der Waals surface area contributed by atoms with Gasteiger partial charge in [0.05, 0.1) is 25.2 Å². The molecule has 0 atom stereocenters. The predicted molar refractivity (Wildman–Crippen MR) is 97.3 cm³/mol. The molecule has 142 valence electrons. The molecule has 2 amide bonds. The van der Waals surface area contributed by atoms with Gasteiger partial charge in [0.15, 0.2) is 0 Å². The van der Waals surface area contributed by atoms with Crippen molar-refractivity contribution in [3.05, 3.63) is 30.1 Å². The highest BCUT2D eigenvalue weighted by atomic mass is 16.5. The van der Waals surface area contributed by atoms with Crippen molar-refractivity contribution in [2.75, 3.05) is 46.9 Å². The molecule has 0 radical (unpaired) electrons. The smallest absolute Gasteiger partial charge is 0.241 e. The van der Waals surface area contributed by atoms with E-state index in [-0.39, 0.29) is 24.0 Å². The first-order chi connectivity index (χ1) is 12.5. The van der Waals surface area contributed by atoms with Crippen LogP contribution in [0, 0.1) is 0 Å². The lowest BCUT2D eigenvalue weighted by Crippen LogP contribution is -2.47. The van der Waals surface area contributed by atoms with E-state index in [0.29, 0.717) is 19.6 Å². The van der Waals surface area contributed by atoms with Crippen molar-refractivity contribution in [1.82, 2.24) is 19.7 Å². The highest BCUT2D eigenvalue weighted by molar-refractivity contribution is 5.85. The Morgan fingerprint density at radius 1 is 1.31 bits per heavy atom. The Morgan fingerprint density at radius 3 is 2.73 bits per heavy atom. The maximum absolute atomic E-state index is 12.7. The number of aromatic nitrogens is 1. The monoisotopic (exact) mass is 360 g/mol. The van der Waals surface area contributed by atoms with Gasteiger partial charge in [0.1, 0.15) is 0 Å². The molecular weight excluding hydrogens is 332 g/mol. The van der Waals surface area contributed by atoms with Gasteiger partial charge in [-0.25, -0.2) is 0 Å². The largest absolute Gasteiger partial charge is 0.373 e. The Bertz CT molecular complexity index is 627. The van der Waals surface area contributed by atoms with Gasteiger partial charge in [0.2, 0.25) is 11.8 Å². The first kappa shape index (κ1) is 18.8. The third-order valence-electron chi connectivity index (χ3n) is 5.32. The van der Waals surface area contributed by atoms with Crippen LogP contribution in [-0.2, 0) is 20.9 Å². The lowest BCUT2D eigenvalue weighted by molar-refractivity contribution is -0.140. The average Bonchev–Trinajstić information content (AvgIpc) is 2.77. The number of likely N-dealkylation sites (N-methyl/N-ethyl adjacent to an activating group) is 1. The van der Waals surface area contributed by atoms with Crippen LogP contribution in [0.25, 0.3) is 0 Å². The van der Waals surface area contributed by atoms with E-state index >= 15 is 0 Å². The molecule has 2 aliphatic rings. The van der Waals surface area contributed by atoms with Crippen molar-refractivity contribution in [1.29, 1.82) is 0 Å². The lowest BCUT2D eigenvalue weighted by Gasteiger charge is -2.40. The second-order valence-corrected chi connectivity index (χ2v) is 7.45. The topological polar surface area (TPSA) is 66.0 Å². The van der Waals surface area contributed by atoms with Crippen LogP contribution in [-0.4, -0.2) is 84.0 Å². The van der Waals surface area contributed by atoms with Crippen LogP contribution in [0.4, 0.5) is 0 Å². The van der Waals surface area contributed by atoms with E-state index in [1.54, 1.807) is 25.2 Å². The third-order valence-corrected chi connectivity index (χ3v) is 5.32. The number of hydrogen-bond acceptors (Lipinski definition) is 5. The summed E-state index contributed by atoms with van der Waals surface area (Å²) < 4.78 is 6.15. The minimum absolute atomic E-state index is 0.0263. The molecule has 1 aromatic rings. The van der Waals surface area contributed by atoms with Gasteiger partial charge in [-0.15, -0.1) is 0 Å². The standard InChI is InChI=1S/C19H28N4O3/c1-21(2)18(25)15-23-10-11-26-19(12-17(23)24)5-8-22(9-6-19)14-16-4-3-7-20-13-16/h3-4,7,13H,5-6,8-12,14-15H2,1-2H3. The highest BCUT2D eigenvalue weighted by Crippen LogP contribution is 2.32. The van der Waals surface area contributed by atoms with Crippen LogP contribution in [0.3, 0.4) is 0 Å². The van der Waals surface area contributed by atoms with Gasteiger partial charge in [0, 0.05) is 52.7 Å². The zero-order chi connectivity index (χ0) is 18.6. The summed E-state index contributed by atoms with van der Waals surface area (Å²) in [6, 6.07) is 4.04. The molecule has 7 heteroatoms. The Kier molecular flexibility index (Phi) is 5.88. The van der Waals surface area contributed by atoms with Crippen molar-refractivity contribution >= 4 is 11.8 Å². The molecular formula is C19H28N4O3. The minimum atomic E-state index is -0.377. The van der Waals surface area contributed by atoms with E-state index in [9.17, 15) is 9.59 Å². The van der Waals surface area contributed by atoms with Crippen LogP contribution < -0.4 is 0 Å². The Balaban J connectivity index is 1.55. The molecule has 26 heavy (non-hydrogen) atoms. The number of carbonyl (C=O) groups is 2. The van der Waals surface area contributed by atoms with Crippen LogP contribution in [0.2, 0.25) is 0 Å². The number of pyridine rings is 1. The molecule has 1 spiro atoms. The van der Waals surface area contributed by atoms with Crippen LogP contribution >= 0.6 is 0 Å². The normalized spacial score (nSPS) is 20.8. The Hall–Kier alpha value is -1.99. The number of likely N-dealkylation sites (tertiary alicyclic amines) is 1. The molecule has 0 aliphatic carbocycles. The Morgan fingerprint density at radius 2 is 2.08 bits per heavy atom. The number of nitrogens with zero attached hydrogens (tertiary/aromatic N) is 4. The fraction of sp³-hybridized carbons (Fsp3) is 0.632. The summed E-state index contributed by atoms with van der Waals surface area (Å²) in [5, 5.41) is 0. The molecule has 3 heterocycles. The summed E-state index contributed by atoms with van der Waals surface area (Å²) in [6.07, 6.45) is 5.74. The van der Waals surface area contributed by atoms with E-state index in [0.717, 1.165) is 32.5 Å². The third kappa shape index (κ3) is 4.59. The van der Waals surface area contributed by atoms with Crippen molar-refractivity contribution < 1.29 is 14.3 Å². The molecule has 2 fully saturated rings. The maximum atomic E-state index is 12.7. The first-order valence-electron chi connectivity index (χ1n) is 9.21. The summed E-state index contributed by atoms with van der Waals surface area (Å²) in [5.41, 5.74) is 0.827. The number of ether oxygens (including phenoxy) is 1. The van der Waals surface area contributed by atoms with Crippen LogP contribution in [0.5, 0.6) is 0 Å². The molecule has 2 aliphatic heterocycles. The lowest BCUT2D eigenvalue weighted by atomic mass is 9.87. The van der Waals surface area contributed by atoms with Gasteiger partial charge in [-0.1, -0.05) is 6.07 Å². The summed E-state index contributed by atoms with van der Waals surface area (Å²) >= 11 is 0. The van der Waals surface area contributed by atoms with E-state index < -0.39 is 0 Å². The second-order valence-electron chi connectivity index (χ2n) is 7.45. The highest BCUT2D eigenvalue weighted by Gasteiger charge is 2.40. The predicted octanol–water partition coefficient (Wildman–Crippen LogP) is 0.753. The SMILES string of the molecule is CN(C)C(=O)CN1CCOC2(CCN(Cc3cccnc3)CC2)CC1=O. The number of amides is 2. The molecule has 7 nitrogen and oxygen atoms in total. The Labute approximate surface area is 154 Å². The zero-order valence-corrected chi connectivity index (χ0v) is 15.7. The van der Waals surface area contributed by atoms with Crippen molar-refractivity contribution in [3.63, 3.8) is 0 Å². The molecule has 2 saturated heterocycles. The van der Waals surface area contributed by atoms with Crippen LogP contribution in [0.15, 0.2) is 24.5 Å². The average molecular weight is 360 g/mol. The summed E-state index contributed by atoms with van der Waals surface area (Å²) in [7, 11) is 3.42. The quantitative estimate of drug-likeness (QED) is 0.793. The maximum Gasteiger partial charge on any atom is 0.241 e. The van der Waals surface area contributed by atoms with Crippen LogP contribution in [0.1, 0.15) is 24.8 Å². The minimum Gasteiger partial charge on any atom is -0.373 e. The first-order valence-corrected chi connectivity index (χ1v) is 9.21. The summed E-state index contributed by atoms with van der Waals surface area (Å²) in [6.45, 7) is 3.80. The van der Waals surface area contributed by atoms with Gasteiger partial charge >= 0.3 is 0 Å². The summed E-state index contributed by atoms with van der Waals surface area (Å²) in [4.78, 5) is 34.3. The number of hydrogen-bond donors (Lipinski definition) is 0. The van der Waals surface area contributed by atoms with Gasteiger partial charge in [-0.3, -0.25) is 19.5 Å². The van der Waals surface area contributed by atoms with Crippen molar-refractivity contribution in [2.24, 2.45) is 0 Å². The number of piperidine rings is 1. The van der Waals surface area contributed by atoms with Gasteiger partial charge < -0.3 is 14.5 Å². The van der Waals surface area contributed by atoms with E-state index in [4.69, 9.17) is 4.74 Å². The van der Waals surface area contributed by atoms with Crippen molar-refractivity contribution in [3.8, 4) is 0 Å².